The number of rotatable bonds is 3. The first-order valence-corrected chi connectivity index (χ1v) is 5.53. The SMILES string of the molecule is CCC(=O)Cn1nc2ccc(Cl)cc2[n+]1C. The van der Waals surface area contributed by atoms with Crippen LogP contribution in [-0.2, 0) is 18.4 Å². The van der Waals surface area contributed by atoms with Crippen molar-refractivity contribution in [3.05, 3.63) is 23.2 Å². The van der Waals surface area contributed by atoms with Gasteiger partial charge >= 0.3 is 0 Å². The number of Topliss-reactive ketones (excluding diaryl/α,β-unsaturated/α-hetero) is 1. The van der Waals surface area contributed by atoms with Gasteiger partial charge in [0.15, 0.2) is 12.3 Å². The summed E-state index contributed by atoms with van der Waals surface area (Å²) in [5.74, 6) is 0.162. The van der Waals surface area contributed by atoms with Crippen LogP contribution in [0.3, 0.4) is 0 Å². The van der Waals surface area contributed by atoms with E-state index in [1.807, 2.05) is 30.8 Å². The molecule has 1 aromatic carbocycles. The van der Waals surface area contributed by atoms with Crippen LogP contribution in [0.1, 0.15) is 13.3 Å². The smallest absolute Gasteiger partial charge is 0.249 e. The molecule has 1 heterocycles. The van der Waals surface area contributed by atoms with Gasteiger partial charge in [0.2, 0.25) is 11.0 Å². The van der Waals surface area contributed by atoms with Crippen LogP contribution in [0.25, 0.3) is 11.0 Å². The van der Waals surface area contributed by atoms with Gasteiger partial charge in [0.1, 0.15) is 7.05 Å². The largest absolute Gasteiger partial charge is 0.297 e. The van der Waals surface area contributed by atoms with Crippen molar-refractivity contribution in [2.24, 2.45) is 7.05 Å². The molecule has 1 aromatic heterocycles. The van der Waals surface area contributed by atoms with E-state index in [0.717, 1.165) is 11.0 Å². The summed E-state index contributed by atoms with van der Waals surface area (Å²) < 4.78 is 1.84. The summed E-state index contributed by atoms with van der Waals surface area (Å²) in [6.07, 6.45) is 0.525. The fraction of sp³-hybridized carbons (Fsp3) is 0.364. The number of halogens is 1. The summed E-state index contributed by atoms with van der Waals surface area (Å²) in [6, 6.07) is 5.49. The van der Waals surface area contributed by atoms with E-state index in [4.69, 9.17) is 11.6 Å². The van der Waals surface area contributed by atoms with Gasteiger partial charge in [-0.3, -0.25) is 4.79 Å². The average Bonchev–Trinajstić information content (AvgIpc) is 2.56. The zero-order valence-corrected chi connectivity index (χ0v) is 10.0. The topological polar surface area (TPSA) is 38.8 Å². The molecule has 16 heavy (non-hydrogen) atoms. The van der Waals surface area contributed by atoms with Crippen LogP contribution in [0.5, 0.6) is 0 Å². The van der Waals surface area contributed by atoms with Crippen molar-refractivity contribution in [3.63, 3.8) is 0 Å². The second-order valence-electron chi connectivity index (χ2n) is 3.68. The molecule has 0 bridgehead atoms. The van der Waals surface area contributed by atoms with Crippen LogP contribution in [-0.4, -0.2) is 15.7 Å². The van der Waals surface area contributed by atoms with Crippen molar-refractivity contribution in [2.75, 3.05) is 0 Å². The second kappa shape index (κ2) is 4.22. The molecule has 84 valence electrons. The van der Waals surface area contributed by atoms with Crippen molar-refractivity contribution in [2.45, 2.75) is 19.9 Å². The zero-order chi connectivity index (χ0) is 11.7. The molecule has 0 unspecified atom stereocenters. The monoisotopic (exact) mass is 238 g/mol. The Kier molecular flexibility index (Phi) is 2.92. The molecule has 4 nitrogen and oxygen atoms in total. The Morgan fingerprint density at radius 2 is 2.31 bits per heavy atom. The van der Waals surface area contributed by atoms with Crippen molar-refractivity contribution >= 4 is 28.4 Å². The molecule has 5 heteroatoms. The Hall–Kier alpha value is -1.42. The Labute approximate surface area is 98.4 Å². The van der Waals surface area contributed by atoms with Gasteiger partial charge in [-0.2, -0.15) is 4.68 Å². The highest BCUT2D eigenvalue weighted by molar-refractivity contribution is 6.31. The summed E-state index contributed by atoms with van der Waals surface area (Å²) in [7, 11) is 1.87. The minimum absolute atomic E-state index is 0.162. The molecule has 0 N–H and O–H groups in total. The average molecular weight is 239 g/mol. The van der Waals surface area contributed by atoms with Crippen LogP contribution in [0, 0.1) is 0 Å². The van der Waals surface area contributed by atoms with E-state index in [1.54, 1.807) is 10.9 Å². The first-order valence-electron chi connectivity index (χ1n) is 5.16. The maximum Gasteiger partial charge on any atom is 0.249 e. The summed E-state index contributed by atoms with van der Waals surface area (Å²) in [5, 5.41) is 5.01. The lowest BCUT2D eigenvalue weighted by Crippen LogP contribution is -2.41. The second-order valence-corrected chi connectivity index (χ2v) is 4.12. The third-order valence-corrected chi connectivity index (χ3v) is 2.80. The molecule has 0 spiro atoms. The highest BCUT2D eigenvalue weighted by Gasteiger charge is 2.17. The zero-order valence-electron chi connectivity index (χ0n) is 9.27. The molecule has 0 saturated carbocycles. The maximum absolute atomic E-state index is 11.4. The van der Waals surface area contributed by atoms with E-state index in [-0.39, 0.29) is 5.78 Å². The molecule has 0 aliphatic heterocycles. The van der Waals surface area contributed by atoms with Gasteiger partial charge in [-0.25, -0.2) is 0 Å². The standard InChI is InChI=1S/C11H13ClN3O/c1-3-9(16)7-15-13-10-5-4-8(12)6-11(10)14(15)2/h4-6H,3,7H2,1-2H3/q+1. The molecule has 2 aromatic rings. The van der Waals surface area contributed by atoms with E-state index in [2.05, 4.69) is 5.10 Å². The van der Waals surface area contributed by atoms with Crippen LogP contribution >= 0.6 is 11.6 Å². The Morgan fingerprint density at radius 3 is 3.00 bits per heavy atom. The minimum atomic E-state index is 0.162. The van der Waals surface area contributed by atoms with E-state index in [1.165, 1.54) is 0 Å². The first-order chi connectivity index (χ1) is 7.61. The fourth-order valence-corrected chi connectivity index (χ4v) is 1.73. The number of fused-ring (bicyclic) bond motifs is 1. The number of hydrogen-bond acceptors (Lipinski definition) is 2. The minimum Gasteiger partial charge on any atom is -0.297 e. The number of benzene rings is 1. The fourth-order valence-electron chi connectivity index (χ4n) is 1.57. The van der Waals surface area contributed by atoms with Crippen LogP contribution < -0.4 is 4.68 Å². The number of hydrogen-bond donors (Lipinski definition) is 0. The lowest BCUT2D eigenvalue weighted by Gasteiger charge is -1.95. The van der Waals surface area contributed by atoms with Gasteiger partial charge in [0.05, 0.1) is 0 Å². The van der Waals surface area contributed by atoms with Gasteiger partial charge in [-0.1, -0.05) is 18.5 Å². The molecular formula is C11H13ClN3O+. The molecule has 0 amide bonds. The summed E-state index contributed by atoms with van der Waals surface area (Å²) in [4.78, 5) is 13.0. The van der Waals surface area contributed by atoms with E-state index in [0.29, 0.717) is 18.0 Å². The third kappa shape index (κ3) is 1.93. The molecule has 0 fully saturated rings. The predicted molar refractivity (Wildman–Crippen MR) is 61.2 cm³/mol. The molecule has 0 atom stereocenters. The number of nitrogens with zero attached hydrogens (tertiary/aromatic N) is 3. The maximum atomic E-state index is 11.4. The normalized spacial score (nSPS) is 10.9. The lowest BCUT2D eigenvalue weighted by molar-refractivity contribution is -0.734. The van der Waals surface area contributed by atoms with Crippen molar-refractivity contribution in [3.8, 4) is 0 Å². The Morgan fingerprint density at radius 1 is 1.56 bits per heavy atom. The number of aryl methyl sites for hydroxylation is 1. The summed E-state index contributed by atoms with van der Waals surface area (Å²) in [5.41, 5.74) is 1.77. The highest BCUT2D eigenvalue weighted by Crippen LogP contribution is 2.14. The van der Waals surface area contributed by atoms with Crippen molar-refractivity contribution < 1.29 is 9.48 Å². The van der Waals surface area contributed by atoms with Gasteiger partial charge in [-0.05, 0) is 16.9 Å². The molecule has 2 rings (SSSR count). The lowest BCUT2D eigenvalue weighted by atomic mass is 10.3. The molecule has 0 aliphatic carbocycles. The molecular weight excluding hydrogens is 226 g/mol. The number of ketones is 1. The Bertz CT molecular complexity index is 547. The van der Waals surface area contributed by atoms with Crippen LogP contribution in [0.15, 0.2) is 18.2 Å². The van der Waals surface area contributed by atoms with E-state index < -0.39 is 0 Å². The van der Waals surface area contributed by atoms with Gasteiger partial charge < -0.3 is 0 Å². The quantitative estimate of drug-likeness (QED) is 0.760. The van der Waals surface area contributed by atoms with Gasteiger partial charge in [-0.15, -0.1) is 0 Å². The molecule has 0 saturated heterocycles. The van der Waals surface area contributed by atoms with E-state index in [9.17, 15) is 4.79 Å². The summed E-state index contributed by atoms with van der Waals surface area (Å²) >= 11 is 5.92. The van der Waals surface area contributed by atoms with Gasteiger partial charge in [0.25, 0.3) is 0 Å². The van der Waals surface area contributed by atoms with Crippen LogP contribution in [0.2, 0.25) is 5.02 Å². The number of carbonyl (C=O) groups excluding carboxylic acids is 1. The first kappa shape index (κ1) is 11.1. The summed E-state index contributed by atoms with van der Waals surface area (Å²) in [6.45, 7) is 2.15. The van der Waals surface area contributed by atoms with Crippen molar-refractivity contribution in [1.29, 1.82) is 0 Å². The van der Waals surface area contributed by atoms with Crippen LogP contribution in [0.4, 0.5) is 0 Å². The van der Waals surface area contributed by atoms with Crippen molar-refractivity contribution in [1.82, 2.24) is 9.90 Å². The Balaban J connectivity index is 2.48. The third-order valence-electron chi connectivity index (χ3n) is 2.57. The molecule has 0 radical (unpaired) electrons. The van der Waals surface area contributed by atoms with E-state index >= 15 is 0 Å². The highest BCUT2D eigenvalue weighted by atomic mass is 35.5. The predicted octanol–water partition coefficient (Wildman–Crippen LogP) is 1.49. The number of carbonyl (C=O) groups is 1. The molecule has 0 aliphatic rings. The number of aromatic nitrogens is 3. The van der Waals surface area contributed by atoms with Gasteiger partial charge in [0, 0.05) is 22.6 Å².